The summed E-state index contributed by atoms with van der Waals surface area (Å²) in [7, 11) is 2.06. The van der Waals surface area contributed by atoms with Crippen molar-refractivity contribution in [1.82, 2.24) is 4.90 Å². The molecule has 0 amide bonds. The second kappa shape index (κ2) is 10.4. The number of nitrogens with zero attached hydrogens (tertiary/aromatic N) is 1. The highest BCUT2D eigenvalue weighted by Gasteiger charge is 2.35. The zero-order valence-electron chi connectivity index (χ0n) is 18.7. The van der Waals surface area contributed by atoms with Crippen LogP contribution in [-0.2, 0) is 11.2 Å². The molecule has 1 aromatic carbocycles. The molecular formula is C24H41NO2. The van der Waals surface area contributed by atoms with Gasteiger partial charge < -0.3 is 5.11 Å². The smallest absolute Gasteiger partial charge is 0.152 e. The average Bonchev–Trinajstić information content (AvgIpc) is 2.59. The molecular weight excluding hydrogens is 334 g/mol. The molecule has 0 saturated carbocycles. The van der Waals surface area contributed by atoms with Gasteiger partial charge in [0.05, 0.1) is 11.6 Å². The van der Waals surface area contributed by atoms with Crippen molar-refractivity contribution in [2.24, 2.45) is 17.8 Å². The number of aliphatic hydroxyl groups is 1. The fourth-order valence-corrected chi connectivity index (χ4v) is 3.73. The van der Waals surface area contributed by atoms with E-state index in [1.165, 1.54) is 0 Å². The Morgan fingerprint density at radius 3 is 2.11 bits per heavy atom. The van der Waals surface area contributed by atoms with Crippen molar-refractivity contribution in [2.75, 3.05) is 7.05 Å². The summed E-state index contributed by atoms with van der Waals surface area (Å²) < 4.78 is 0. The third-order valence-corrected chi connectivity index (χ3v) is 6.08. The predicted molar refractivity (Wildman–Crippen MR) is 115 cm³/mol. The van der Waals surface area contributed by atoms with Crippen LogP contribution >= 0.6 is 0 Å². The van der Waals surface area contributed by atoms with Crippen LogP contribution in [-0.4, -0.2) is 40.5 Å². The van der Waals surface area contributed by atoms with Crippen molar-refractivity contribution in [1.29, 1.82) is 0 Å². The monoisotopic (exact) mass is 375 g/mol. The number of likely N-dealkylation sites (N-methyl/N-ethyl adjacent to an activating group) is 1. The molecule has 154 valence electrons. The lowest BCUT2D eigenvalue weighted by Gasteiger charge is -2.38. The summed E-state index contributed by atoms with van der Waals surface area (Å²) in [6.45, 7) is 14.6. The molecule has 3 heteroatoms. The van der Waals surface area contributed by atoms with E-state index >= 15 is 0 Å². The predicted octanol–water partition coefficient (Wildman–Crippen LogP) is 4.97. The second-order valence-corrected chi connectivity index (χ2v) is 9.30. The maximum Gasteiger partial charge on any atom is 0.152 e. The number of ketones is 1. The Morgan fingerprint density at radius 2 is 1.63 bits per heavy atom. The van der Waals surface area contributed by atoms with Gasteiger partial charge in [0.1, 0.15) is 0 Å². The van der Waals surface area contributed by atoms with Crippen molar-refractivity contribution < 1.29 is 9.90 Å². The fraction of sp³-hybridized carbons (Fsp3) is 0.708. The highest BCUT2D eigenvalue weighted by Crippen LogP contribution is 2.29. The number of hydrogen-bond donors (Lipinski definition) is 1. The van der Waals surface area contributed by atoms with E-state index in [2.05, 4.69) is 51.8 Å². The minimum Gasteiger partial charge on any atom is -0.390 e. The highest BCUT2D eigenvalue weighted by atomic mass is 16.3. The van der Waals surface area contributed by atoms with Crippen LogP contribution in [0.5, 0.6) is 0 Å². The summed E-state index contributed by atoms with van der Waals surface area (Å²) >= 11 is 0. The third kappa shape index (κ3) is 7.38. The maximum absolute atomic E-state index is 12.9. The topological polar surface area (TPSA) is 40.5 Å². The summed E-state index contributed by atoms with van der Waals surface area (Å²) in [5.74, 6) is 0.967. The average molecular weight is 376 g/mol. The Labute approximate surface area is 167 Å². The molecule has 0 fully saturated rings. The first-order chi connectivity index (χ1) is 12.5. The molecule has 0 aliphatic rings. The van der Waals surface area contributed by atoms with Crippen molar-refractivity contribution in [3.8, 4) is 0 Å². The quantitative estimate of drug-likeness (QED) is 0.594. The maximum atomic E-state index is 12.9. The summed E-state index contributed by atoms with van der Waals surface area (Å²) in [6.07, 6.45) is 2.31. The summed E-state index contributed by atoms with van der Waals surface area (Å²) in [6, 6.07) is 10.4. The minimum atomic E-state index is -0.725. The highest BCUT2D eigenvalue weighted by molar-refractivity contribution is 5.86. The van der Waals surface area contributed by atoms with Crippen LogP contribution in [0.2, 0.25) is 0 Å². The van der Waals surface area contributed by atoms with E-state index in [9.17, 15) is 9.90 Å². The van der Waals surface area contributed by atoms with E-state index in [1.54, 1.807) is 0 Å². The Bertz CT molecular complexity index is 565. The molecule has 0 aromatic heterocycles. The molecule has 3 nitrogen and oxygen atoms in total. The fourth-order valence-electron chi connectivity index (χ4n) is 3.73. The first kappa shape index (κ1) is 23.8. The van der Waals surface area contributed by atoms with Gasteiger partial charge in [0.25, 0.3) is 0 Å². The van der Waals surface area contributed by atoms with Crippen LogP contribution < -0.4 is 0 Å². The van der Waals surface area contributed by atoms with Crippen LogP contribution in [0, 0.1) is 17.8 Å². The van der Waals surface area contributed by atoms with Gasteiger partial charge in [-0.3, -0.25) is 9.69 Å². The Hall–Kier alpha value is -1.19. The van der Waals surface area contributed by atoms with Gasteiger partial charge in [0.15, 0.2) is 5.78 Å². The number of hydrogen-bond acceptors (Lipinski definition) is 3. The molecule has 0 radical (unpaired) electrons. The molecule has 0 spiro atoms. The lowest BCUT2D eigenvalue weighted by atomic mass is 9.78. The first-order valence-electron chi connectivity index (χ1n) is 10.5. The molecule has 27 heavy (non-hydrogen) atoms. The normalized spacial score (nSPS) is 17.8. The van der Waals surface area contributed by atoms with Crippen molar-refractivity contribution >= 4 is 5.78 Å². The van der Waals surface area contributed by atoms with E-state index in [0.29, 0.717) is 24.2 Å². The van der Waals surface area contributed by atoms with Crippen molar-refractivity contribution in [2.45, 2.75) is 85.4 Å². The Morgan fingerprint density at radius 1 is 1.07 bits per heavy atom. The number of Topliss-reactive ketones (excluding diaryl/α,β-unsaturated/α-hetero) is 1. The van der Waals surface area contributed by atoms with E-state index in [-0.39, 0.29) is 17.9 Å². The van der Waals surface area contributed by atoms with E-state index in [4.69, 9.17) is 0 Å². The second-order valence-electron chi connectivity index (χ2n) is 9.30. The third-order valence-electron chi connectivity index (χ3n) is 6.08. The molecule has 4 atom stereocenters. The molecule has 1 aromatic rings. The van der Waals surface area contributed by atoms with Gasteiger partial charge in [0, 0.05) is 18.4 Å². The first-order valence-corrected chi connectivity index (χ1v) is 10.5. The minimum absolute atomic E-state index is 0.0343. The lowest BCUT2D eigenvalue weighted by Crippen LogP contribution is -2.49. The molecule has 1 rings (SSSR count). The van der Waals surface area contributed by atoms with Crippen LogP contribution in [0.25, 0.3) is 0 Å². The van der Waals surface area contributed by atoms with Crippen molar-refractivity contribution in [3.05, 3.63) is 35.9 Å². The largest absolute Gasteiger partial charge is 0.390 e. The van der Waals surface area contributed by atoms with Crippen molar-refractivity contribution in [3.63, 3.8) is 0 Å². The molecule has 0 heterocycles. The summed E-state index contributed by atoms with van der Waals surface area (Å²) in [5, 5.41) is 10.9. The Balaban J connectivity index is 2.77. The standard InChI is InChI=1S/C24H41NO2/c1-17(2)23(26)22(25(8)18(3)4)20(6)19(5)14-15-24(7,27)16-21-12-10-9-11-13-21/h9-13,17-20,22,27H,14-16H2,1-8H3/t19-,20-,22+,24?/m1/s1. The number of rotatable bonds is 11. The van der Waals surface area contributed by atoms with E-state index in [1.807, 2.05) is 39.0 Å². The summed E-state index contributed by atoms with van der Waals surface area (Å²) in [5.41, 5.74) is 0.437. The molecule has 0 aliphatic carbocycles. The molecule has 0 aliphatic heterocycles. The van der Waals surface area contributed by atoms with Crippen LogP contribution in [0.3, 0.4) is 0 Å². The molecule has 0 saturated heterocycles. The van der Waals surface area contributed by atoms with Gasteiger partial charge in [-0.15, -0.1) is 0 Å². The van der Waals surface area contributed by atoms with Gasteiger partial charge in [-0.1, -0.05) is 58.0 Å². The lowest BCUT2D eigenvalue weighted by molar-refractivity contribution is -0.130. The zero-order chi connectivity index (χ0) is 20.8. The molecule has 1 unspecified atom stereocenters. The van der Waals surface area contributed by atoms with Gasteiger partial charge >= 0.3 is 0 Å². The molecule has 1 N–H and O–H groups in total. The number of carbonyl (C=O) groups is 1. The van der Waals surface area contributed by atoms with Gasteiger partial charge in [-0.05, 0) is 58.1 Å². The van der Waals surface area contributed by atoms with Crippen LogP contribution in [0.15, 0.2) is 30.3 Å². The van der Waals surface area contributed by atoms with E-state index < -0.39 is 5.60 Å². The number of benzene rings is 1. The van der Waals surface area contributed by atoms with Gasteiger partial charge in [-0.25, -0.2) is 0 Å². The van der Waals surface area contributed by atoms with Crippen LogP contribution in [0.1, 0.15) is 66.9 Å². The Kier molecular flexibility index (Phi) is 9.17. The number of carbonyl (C=O) groups excluding carboxylic acids is 1. The van der Waals surface area contributed by atoms with Gasteiger partial charge in [-0.2, -0.15) is 0 Å². The van der Waals surface area contributed by atoms with Crippen LogP contribution in [0.4, 0.5) is 0 Å². The SMILES string of the molecule is CC(C)C(=O)[C@H]([C@H](C)[C@H](C)CCC(C)(O)Cc1ccccc1)N(C)C(C)C. The molecule has 0 bridgehead atoms. The summed E-state index contributed by atoms with van der Waals surface area (Å²) in [4.78, 5) is 15.1. The van der Waals surface area contributed by atoms with Gasteiger partial charge in [0.2, 0.25) is 0 Å². The van der Waals surface area contributed by atoms with E-state index in [0.717, 1.165) is 18.4 Å². The zero-order valence-corrected chi connectivity index (χ0v) is 18.7.